The van der Waals surface area contributed by atoms with Crippen LogP contribution in [0.5, 0.6) is 0 Å². The zero-order valence-corrected chi connectivity index (χ0v) is 38.1. The minimum absolute atomic E-state index is 0.0539. The first-order chi connectivity index (χ1) is 27.6. The van der Waals surface area contributed by atoms with Crippen LogP contribution in [0.3, 0.4) is 0 Å². The van der Waals surface area contributed by atoms with Crippen molar-refractivity contribution in [1.29, 1.82) is 0 Å². The molecule has 0 fully saturated rings. The third-order valence-corrected chi connectivity index (χ3v) is 10.8. The van der Waals surface area contributed by atoms with Gasteiger partial charge >= 0.3 is 17.9 Å². The van der Waals surface area contributed by atoms with Crippen molar-refractivity contribution in [2.24, 2.45) is 0 Å². The molecule has 0 bridgehead atoms. The monoisotopic (exact) mass is 807 g/mol. The van der Waals surface area contributed by atoms with Crippen molar-refractivity contribution in [1.82, 2.24) is 0 Å². The standard InChI is InChI=1S/C49H91NO7/c1-6-8-10-12-14-16-18-20-22-23-24-26-27-29-31-33-35-37-39-47(51)56-44-45(43-55-42-41-46(49(53)54)50(3,4)5)57-48(52)40-38-36-34-32-30-28-25-21-19-17-15-13-11-9-7-2/h17,19,24,26,45-46H,6-16,18,20-23,25,27-44H2,1-5H3/p+1/b19-17+,26-24+. The molecule has 2 atom stereocenters. The van der Waals surface area contributed by atoms with E-state index in [0.717, 1.165) is 44.9 Å². The molecule has 1 N–H and O–H groups in total. The summed E-state index contributed by atoms with van der Waals surface area (Å²) in [7, 11) is 5.53. The Morgan fingerprint density at radius 2 is 0.877 bits per heavy atom. The maximum atomic E-state index is 12.7. The highest BCUT2D eigenvalue weighted by Gasteiger charge is 2.31. The molecule has 0 aliphatic heterocycles. The minimum atomic E-state index is -0.875. The van der Waals surface area contributed by atoms with Crippen molar-refractivity contribution in [3.63, 3.8) is 0 Å². The molecule has 0 aromatic carbocycles. The molecular formula is C49H92NO7+. The number of allylic oxidation sites excluding steroid dienone is 4. The Bertz CT molecular complexity index is 989. The predicted molar refractivity (Wildman–Crippen MR) is 238 cm³/mol. The second kappa shape index (κ2) is 40.6. The van der Waals surface area contributed by atoms with Gasteiger partial charge in [0, 0.05) is 19.3 Å². The number of aliphatic carboxylic acids is 1. The van der Waals surface area contributed by atoms with Crippen molar-refractivity contribution in [2.45, 2.75) is 231 Å². The van der Waals surface area contributed by atoms with E-state index >= 15 is 0 Å². The number of carboxylic acids is 1. The van der Waals surface area contributed by atoms with Crippen LogP contribution in [0.1, 0.15) is 219 Å². The Morgan fingerprint density at radius 3 is 1.28 bits per heavy atom. The lowest BCUT2D eigenvalue weighted by Gasteiger charge is -2.31. The maximum absolute atomic E-state index is 12.7. The van der Waals surface area contributed by atoms with Crippen molar-refractivity contribution >= 4 is 17.9 Å². The van der Waals surface area contributed by atoms with Gasteiger partial charge in [-0.1, -0.05) is 160 Å². The molecule has 0 amide bonds. The second-order valence-corrected chi connectivity index (χ2v) is 17.4. The van der Waals surface area contributed by atoms with Gasteiger partial charge in [0.2, 0.25) is 0 Å². The average Bonchev–Trinajstić information content (AvgIpc) is 3.17. The van der Waals surface area contributed by atoms with Gasteiger partial charge in [-0.2, -0.15) is 0 Å². The first-order valence-electron chi connectivity index (χ1n) is 23.9. The number of hydrogen-bond donors (Lipinski definition) is 1. The van der Waals surface area contributed by atoms with E-state index < -0.39 is 18.1 Å². The molecule has 0 spiro atoms. The number of esters is 2. The smallest absolute Gasteiger partial charge is 0.362 e. The van der Waals surface area contributed by atoms with Crippen LogP contribution in [0.2, 0.25) is 0 Å². The summed E-state index contributed by atoms with van der Waals surface area (Å²) in [4.78, 5) is 37.0. The summed E-state index contributed by atoms with van der Waals surface area (Å²) in [5.74, 6) is -1.47. The number of hydrogen-bond acceptors (Lipinski definition) is 6. The number of carbonyl (C=O) groups is 3. The summed E-state index contributed by atoms with van der Waals surface area (Å²) in [6, 6.07) is -0.614. The first kappa shape index (κ1) is 54.8. The van der Waals surface area contributed by atoms with E-state index in [1.54, 1.807) is 0 Å². The second-order valence-electron chi connectivity index (χ2n) is 17.4. The van der Waals surface area contributed by atoms with Crippen molar-refractivity contribution in [2.75, 3.05) is 41.0 Å². The van der Waals surface area contributed by atoms with Crippen LogP contribution in [0.25, 0.3) is 0 Å². The number of quaternary nitrogens is 1. The van der Waals surface area contributed by atoms with E-state index in [0.29, 0.717) is 19.3 Å². The molecule has 8 heteroatoms. The van der Waals surface area contributed by atoms with E-state index in [-0.39, 0.29) is 36.2 Å². The van der Waals surface area contributed by atoms with Gasteiger partial charge in [0.1, 0.15) is 6.61 Å². The fraction of sp³-hybridized carbons (Fsp3) is 0.857. The SMILES string of the molecule is CCCCCC/C=C/CCCCCCCCCC(=O)OC(COCCC(C(=O)O)[N+](C)(C)C)COC(=O)CCCCCCC/C=C/CCCCCCCCCCC. The van der Waals surface area contributed by atoms with Crippen LogP contribution >= 0.6 is 0 Å². The third-order valence-electron chi connectivity index (χ3n) is 10.8. The molecule has 0 aromatic heterocycles. The number of carbonyl (C=O) groups excluding carboxylic acids is 2. The number of nitrogens with zero attached hydrogens (tertiary/aromatic N) is 1. The average molecular weight is 807 g/mol. The van der Waals surface area contributed by atoms with Gasteiger partial charge in [-0.25, -0.2) is 4.79 Å². The van der Waals surface area contributed by atoms with Crippen molar-refractivity contribution in [3.8, 4) is 0 Å². The highest BCUT2D eigenvalue weighted by atomic mass is 16.6. The van der Waals surface area contributed by atoms with Gasteiger partial charge < -0.3 is 23.8 Å². The molecule has 0 saturated heterocycles. The minimum Gasteiger partial charge on any atom is -0.477 e. The fourth-order valence-corrected chi connectivity index (χ4v) is 7.08. The molecular weight excluding hydrogens is 715 g/mol. The van der Waals surface area contributed by atoms with E-state index in [9.17, 15) is 19.5 Å². The molecule has 334 valence electrons. The number of ether oxygens (including phenoxy) is 3. The highest BCUT2D eigenvalue weighted by Crippen LogP contribution is 2.15. The quantitative estimate of drug-likeness (QED) is 0.0283. The number of rotatable bonds is 43. The molecule has 0 heterocycles. The molecule has 2 unspecified atom stereocenters. The van der Waals surface area contributed by atoms with Gasteiger partial charge in [-0.05, 0) is 64.2 Å². The fourth-order valence-electron chi connectivity index (χ4n) is 7.08. The van der Waals surface area contributed by atoms with Crippen LogP contribution in [-0.4, -0.2) is 80.6 Å². The van der Waals surface area contributed by atoms with Crippen LogP contribution in [0.4, 0.5) is 0 Å². The molecule has 0 aliphatic rings. The van der Waals surface area contributed by atoms with Gasteiger partial charge in [0.25, 0.3) is 0 Å². The molecule has 0 saturated carbocycles. The maximum Gasteiger partial charge on any atom is 0.362 e. The Balaban J connectivity index is 4.29. The van der Waals surface area contributed by atoms with Crippen molar-refractivity contribution < 1.29 is 38.2 Å². The summed E-state index contributed by atoms with van der Waals surface area (Å²) in [5, 5.41) is 9.63. The van der Waals surface area contributed by atoms with Crippen molar-refractivity contribution in [3.05, 3.63) is 24.3 Å². The molecule has 0 aliphatic carbocycles. The summed E-state index contributed by atoms with van der Waals surface area (Å²) in [6.45, 7) is 4.73. The molecule has 0 radical (unpaired) electrons. The molecule has 0 aromatic rings. The summed E-state index contributed by atoms with van der Waals surface area (Å²) in [5.41, 5.74) is 0. The predicted octanol–water partition coefficient (Wildman–Crippen LogP) is 13.3. The van der Waals surface area contributed by atoms with Gasteiger partial charge in [-0.15, -0.1) is 0 Å². The molecule has 0 rings (SSSR count). The topological polar surface area (TPSA) is 99.1 Å². The number of likely N-dealkylation sites (N-methyl/N-ethyl adjacent to an activating group) is 1. The largest absolute Gasteiger partial charge is 0.477 e. The Morgan fingerprint density at radius 1 is 0.509 bits per heavy atom. The van der Waals surface area contributed by atoms with Gasteiger partial charge in [0.15, 0.2) is 12.1 Å². The normalized spacial score (nSPS) is 13.1. The van der Waals surface area contributed by atoms with Crippen LogP contribution < -0.4 is 0 Å². The van der Waals surface area contributed by atoms with Crippen LogP contribution in [-0.2, 0) is 28.6 Å². The number of unbranched alkanes of at least 4 members (excludes halogenated alkanes) is 25. The van der Waals surface area contributed by atoms with E-state index in [4.69, 9.17) is 14.2 Å². The lowest BCUT2D eigenvalue weighted by atomic mass is 10.1. The highest BCUT2D eigenvalue weighted by molar-refractivity contribution is 5.72. The van der Waals surface area contributed by atoms with Gasteiger partial charge in [0.05, 0.1) is 34.4 Å². The Kier molecular flexibility index (Phi) is 39.0. The first-order valence-corrected chi connectivity index (χ1v) is 23.9. The van der Waals surface area contributed by atoms with E-state index in [1.165, 1.54) is 141 Å². The molecule has 57 heavy (non-hydrogen) atoms. The number of carboxylic acid groups (broad SMARTS) is 1. The van der Waals surface area contributed by atoms with E-state index in [1.807, 2.05) is 21.1 Å². The lowest BCUT2D eigenvalue weighted by molar-refractivity contribution is -0.887. The lowest BCUT2D eigenvalue weighted by Crippen LogP contribution is -2.50. The van der Waals surface area contributed by atoms with Gasteiger partial charge in [-0.3, -0.25) is 9.59 Å². The summed E-state index contributed by atoms with van der Waals surface area (Å²) < 4.78 is 17.3. The summed E-state index contributed by atoms with van der Waals surface area (Å²) in [6.07, 6.45) is 45.0. The summed E-state index contributed by atoms with van der Waals surface area (Å²) >= 11 is 0. The third kappa shape index (κ3) is 39.1. The van der Waals surface area contributed by atoms with E-state index in [2.05, 4.69) is 38.2 Å². The Labute approximate surface area is 351 Å². The van der Waals surface area contributed by atoms with Crippen LogP contribution in [0.15, 0.2) is 24.3 Å². The van der Waals surface area contributed by atoms with Crippen LogP contribution in [0, 0.1) is 0 Å². The Hall–Kier alpha value is -2.19. The molecule has 8 nitrogen and oxygen atoms in total. The zero-order chi connectivity index (χ0) is 42.1. The zero-order valence-electron chi connectivity index (χ0n) is 38.1.